The second-order valence-corrected chi connectivity index (χ2v) is 2.82. The van der Waals surface area contributed by atoms with Crippen LogP contribution in [0.1, 0.15) is 11.4 Å². The Morgan fingerprint density at radius 2 is 2.06 bits per heavy atom. The third-order valence-electron chi connectivity index (χ3n) is 1.58. The Labute approximate surface area is 89.9 Å². The maximum atomic E-state index is 10.3. The van der Waals surface area contributed by atoms with E-state index in [9.17, 15) is 9.59 Å². The Hall–Kier alpha value is -2.57. The third-order valence-corrected chi connectivity index (χ3v) is 1.58. The van der Waals surface area contributed by atoms with Crippen molar-refractivity contribution in [1.82, 2.24) is 10.2 Å². The van der Waals surface area contributed by atoms with E-state index >= 15 is 0 Å². The summed E-state index contributed by atoms with van der Waals surface area (Å²) in [4.78, 5) is 20.5. The summed E-state index contributed by atoms with van der Waals surface area (Å²) in [6.07, 6.45) is 3.02. The third kappa shape index (κ3) is 3.29. The topological polar surface area (TPSA) is 129 Å². The highest BCUT2D eigenvalue weighted by molar-refractivity contribution is 5.89. The molecule has 1 aromatic rings. The molecule has 0 saturated carbocycles. The molecule has 0 aliphatic carbocycles. The van der Waals surface area contributed by atoms with E-state index in [0.29, 0.717) is 5.69 Å². The number of nitrogens with two attached hydrogens (primary N) is 1. The average Bonchev–Trinajstić information content (AvgIpc) is 2.61. The summed E-state index contributed by atoms with van der Waals surface area (Å²) >= 11 is 0. The second kappa shape index (κ2) is 4.78. The number of aromatic nitrogens is 2. The molecule has 0 bridgehead atoms. The number of hydrogen-bond donors (Lipinski definition) is 4. The van der Waals surface area contributed by atoms with Crippen LogP contribution in [0.15, 0.2) is 18.2 Å². The number of carboxylic acid groups (broad SMARTS) is 2. The monoisotopic (exact) mass is 223 g/mol. The molecule has 16 heavy (non-hydrogen) atoms. The Morgan fingerprint density at radius 1 is 1.38 bits per heavy atom. The van der Waals surface area contributed by atoms with E-state index in [0.717, 1.165) is 12.2 Å². The van der Waals surface area contributed by atoms with Gasteiger partial charge in [-0.2, -0.15) is 5.10 Å². The van der Waals surface area contributed by atoms with E-state index in [-0.39, 0.29) is 11.4 Å². The van der Waals surface area contributed by atoms with Crippen molar-refractivity contribution in [2.45, 2.75) is 0 Å². The first-order valence-electron chi connectivity index (χ1n) is 4.16. The molecule has 0 aliphatic heterocycles. The Bertz CT molecular complexity index is 473. The number of aliphatic carboxylic acids is 2. The zero-order valence-corrected chi connectivity index (χ0v) is 8.04. The summed E-state index contributed by atoms with van der Waals surface area (Å²) in [5.41, 5.74) is 6.07. The van der Waals surface area contributed by atoms with Gasteiger partial charge in [-0.05, 0) is 12.1 Å². The van der Waals surface area contributed by atoms with Gasteiger partial charge in [0.1, 0.15) is 5.69 Å². The largest absolute Gasteiger partial charge is 0.478 e. The van der Waals surface area contributed by atoms with Crippen LogP contribution in [0.5, 0.6) is 0 Å². The minimum absolute atomic E-state index is 0.0151. The Morgan fingerprint density at radius 3 is 2.62 bits per heavy atom. The first-order chi connectivity index (χ1) is 7.49. The molecule has 0 unspecified atom stereocenters. The number of H-pyrrole nitrogens is 1. The lowest BCUT2D eigenvalue weighted by Gasteiger charge is -1.91. The molecule has 0 atom stereocenters. The van der Waals surface area contributed by atoms with Crippen LogP contribution in [-0.4, -0.2) is 32.3 Å². The van der Waals surface area contributed by atoms with Gasteiger partial charge in [-0.3, -0.25) is 5.10 Å². The molecule has 0 radical (unpaired) electrons. The van der Waals surface area contributed by atoms with Crippen molar-refractivity contribution in [2.75, 3.05) is 0 Å². The van der Waals surface area contributed by atoms with Crippen LogP contribution in [0.4, 0.5) is 0 Å². The number of hydrogen-bond acceptors (Lipinski definition) is 4. The maximum absolute atomic E-state index is 10.3. The predicted octanol–water partition coefficient (Wildman–Crippen LogP) is -0.108. The van der Waals surface area contributed by atoms with Gasteiger partial charge in [0.25, 0.3) is 0 Å². The molecule has 0 spiro atoms. The standard InChI is InChI=1S/C9H9N3O4/c10-6(4-9(15)16)7-3-5(11-12-7)1-2-8(13)14/h1-4H,10H2,(H,11,12)(H,13,14)(H,15,16)/b2-1+,6-4-. The van der Waals surface area contributed by atoms with Crippen molar-refractivity contribution in [3.05, 3.63) is 29.6 Å². The summed E-state index contributed by atoms with van der Waals surface area (Å²) in [6, 6.07) is 1.44. The molecule has 7 nitrogen and oxygen atoms in total. The van der Waals surface area contributed by atoms with Crippen molar-refractivity contribution in [3.8, 4) is 0 Å². The molecule has 84 valence electrons. The second-order valence-electron chi connectivity index (χ2n) is 2.82. The quantitative estimate of drug-likeness (QED) is 0.527. The lowest BCUT2D eigenvalue weighted by atomic mass is 10.2. The van der Waals surface area contributed by atoms with Crippen LogP contribution in [0.3, 0.4) is 0 Å². The fraction of sp³-hybridized carbons (Fsp3) is 0. The molecule has 1 rings (SSSR count). The van der Waals surface area contributed by atoms with E-state index in [4.69, 9.17) is 15.9 Å². The fourth-order valence-electron chi connectivity index (χ4n) is 0.938. The average molecular weight is 223 g/mol. The van der Waals surface area contributed by atoms with Crippen LogP contribution in [0.2, 0.25) is 0 Å². The number of aromatic amines is 1. The zero-order valence-electron chi connectivity index (χ0n) is 8.04. The van der Waals surface area contributed by atoms with Gasteiger partial charge in [0.15, 0.2) is 0 Å². The molecule has 1 aromatic heterocycles. The number of nitrogens with zero attached hydrogens (tertiary/aromatic N) is 1. The summed E-state index contributed by atoms with van der Waals surface area (Å²) in [5.74, 6) is -2.27. The highest BCUT2D eigenvalue weighted by Crippen LogP contribution is 2.08. The van der Waals surface area contributed by atoms with Crippen molar-refractivity contribution in [2.24, 2.45) is 5.73 Å². The van der Waals surface area contributed by atoms with Gasteiger partial charge in [-0.15, -0.1) is 0 Å². The van der Waals surface area contributed by atoms with Crippen LogP contribution >= 0.6 is 0 Å². The smallest absolute Gasteiger partial charge is 0.330 e. The number of carboxylic acids is 2. The van der Waals surface area contributed by atoms with E-state index in [1.807, 2.05) is 0 Å². The molecular weight excluding hydrogens is 214 g/mol. The molecular formula is C9H9N3O4. The number of nitrogens with one attached hydrogen (secondary N) is 1. The Balaban J connectivity index is 2.87. The van der Waals surface area contributed by atoms with E-state index in [1.165, 1.54) is 12.1 Å². The van der Waals surface area contributed by atoms with Gasteiger partial charge in [0.05, 0.1) is 11.4 Å². The predicted molar refractivity (Wildman–Crippen MR) is 55.1 cm³/mol. The molecule has 0 fully saturated rings. The first-order valence-corrected chi connectivity index (χ1v) is 4.16. The van der Waals surface area contributed by atoms with Crippen LogP contribution in [-0.2, 0) is 9.59 Å². The highest BCUT2D eigenvalue weighted by atomic mass is 16.4. The summed E-state index contributed by atoms with van der Waals surface area (Å²) in [5, 5.41) is 23.0. The van der Waals surface area contributed by atoms with Gasteiger partial charge >= 0.3 is 11.9 Å². The van der Waals surface area contributed by atoms with Crippen molar-refractivity contribution in [1.29, 1.82) is 0 Å². The lowest BCUT2D eigenvalue weighted by molar-refractivity contribution is -0.132. The van der Waals surface area contributed by atoms with E-state index in [2.05, 4.69) is 10.2 Å². The highest BCUT2D eigenvalue weighted by Gasteiger charge is 2.03. The summed E-state index contributed by atoms with van der Waals surface area (Å²) < 4.78 is 0. The molecule has 7 heteroatoms. The van der Waals surface area contributed by atoms with Gasteiger partial charge < -0.3 is 15.9 Å². The number of carbonyl (C=O) groups is 2. The van der Waals surface area contributed by atoms with Crippen molar-refractivity contribution >= 4 is 23.7 Å². The van der Waals surface area contributed by atoms with E-state index < -0.39 is 11.9 Å². The first kappa shape index (κ1) is 11.5. The van der Waals surface area contributed by atoms with Crippen LogP contribution in [0.25, 0.3) is 11.8 Å². The normalized spacial score (nSPS) is 11.9. The maximum Gasteiger partial charge on any atom is 0.330 e. The van der Waals surface area contributed by atoms with Gasteiger partial charge in [0.2, 0.25) is 0 Å². The molecule has 0 saturated heterocycles. The molecule has 0 amide bonds. The minimum Gasteiger partial charge on any atom is -0.478 e. The molecule has 1 heterocycles. The van der Waals surface area contributed by atoms with Gasteiger partial charge in [0, 0.05) is 12.2 Å². The Kier molecular flexibility index (Phi) is 3.44. The van der Waals surface area contributed by atoms with Crippen molar-refractivity contribution in [3.63, 3.8) is 0 Å². The SMILES string of the molecule is N/C(=C\C(=O)O)c1cc(/C=C/C(=O)O)[nH]n1. The zero-order chi connectivity index (χ0) is 12.1. The lowest BCUT2D eigenvalue weighted by Crippen LogP contribution is -2.00. The minimum atomic E-state index is -1.18. The molecule has 5 N–H and O–H groups in total. The van der Waals surface area contributed by atoms with Gasteiger partial charge in [-0.1, -0.05) is 0 Å². The number of rotatable bonds is 4. The fourth-order valence-corrected chi connectivity index (χ4v) is 0.938. The molecule has 0 aromatic carbocycles. The summed E-state index contributed by atoms with van der Waals surface area (Å²) in [6.45, 7) is 0. The van der Waals surface area contributed by atoms with Gasteiger partial charge in [-0.25, -0.2) is 9.59 Å². The molecule has 0 aliphatic rings. The van der Waals surface area contributed by atoms with Crippen molar-refractivity contribution < 1.29 is 19.8 Å². The van der Waals surface area contributed by atoms with Crippen LogP contribution in [0, 0.1) is 0 Å². The van der Waals surface area contributed by atoms with Crippen LogP contribution < -0.4 is 5.73 Å². The summed E-state index contributed by atoms with van der Waals surface area (Å²) in [7, 11) is 0. The van der Waals surface area contributed by atoms with E-state index in [1.54, 1.807) is 0 Å².